The van der Waals surface area contributed by atoms with E-state index < -0.39 is 0 Å². The van der Waals surface area contributed by atoms with Gasteiger partial charge in [0.2, 0.25) is 0 Å². The van der Waals surface area contributed by atoms with Gasteiger partial charge in [-0.25, -0.2) is 4.79 Å². The van der Waals surface area contributed by atoms with Gasteiger partial charge in [-0.2, -0.15) is 5.26 Å². The van der Waals surface area contributed by atoms with Gasteiger partial charge < -0.3 is 4.74 Å². The van der Waals surface area contributed by atoms with Crippen molar-refractivity contribution in [2.24, 2.45) is 5.92 Å². The van der Waals surface area contributed by atoms with Crippen LogP contribution in [0.15, 0.2) is 48.5 Å². The van der Waals surface area contributed by atoms with Crippen LogP contribution in [0.2, 0.25) is 0 Å². The smallest absolute Gasteiger partial charge is 0.343 e. The van der Waals surface area contributed by atoms with Crippen molar-refractivity contribution in [3.8, 4) is 11.8 Å². The minimum atomic E-state index is -0.347. The highest BCUT2D eigenvalue weighted by molar-refractivity contribution is 5.91. The number of nitriles is 1. The number of aryl methyl sites for hydroxylation is 1. The summed E-state index contributed by atoms with van der Waals surface area (Å²) in [5, 5.41) is 9.84. The lowest BCUT2D eigenvalue weighted by atomic mass is 9.93. The van der Waals surface area contributed by atoms with Gasteiger partial charge in [0.1, 0.15) is 5.75 Å². The van der Waals surface area contributed by atoms with Crippen LogP contribution in [0, 0.1) is 17.2 Å². The molecule has 2 unspecified atom stereocenters. The monoisotopic (exact) mass is 459 g/mol. The molecule has 1 aliphatic rings. The van der Waals surface area contributed by atoms with Gasteiger partial charge in [-0.1, -0.05) is 95.9 Å². The number of carbonyl (C=O) groups excluding carboxylic acids is 1. The number of nitrogens with zero attached hydrogens (tertiary/aromatic N) is 1. The first-order chi connectivity index (χ1) is 16.6. The number of benzene rings is 2. The summed E-state index contributed by atoms with van der Waals surface area (Å²) in [7, 11) is 0. The van der Waals surface area contributed by atoms with Gasteiger partial charge in [-0.15, -0.1) is 0 Å². The van der Waals surface area contributed by atoms with E-state index in [-0.39, 0.29) is 11.4 Å². The molecule has 2 aromatic rings. The number of esters is 1. The molecule has 2 aromatic carbocycles. The lowest BCUT2D eigenvalue weighted by Gasteiger charge is -2.11. The molecule has 1 fully saturated rings. The number of hydrogen-bond acceptors (Lipinski definition) is 3. The second-order valence-corrected chi connectivity index (χ2v) is 9.96. The summed E-state index contributed by atoms with van der Waals surface area (Å²) in [6.45, 7) is 4.46. The zero-order valence-electron chi connectivity index (χ0n) is 21.2. The molecule has 0 amide bonds. The van der Waals surface area contributed by atoms with E-state index in [2.05, 4.69) is 19.9 Å². The summed E-state index contributed by atoms with van der Waals surface area (Å²) in [4.78, 5) is 12.6. The van der Waals surface area contributed by atoms with E-state index in [4.69, 9.17) is 4.74 Å². The van der Waals surface area contributed by atoms with Gasteiger partial charge in [0.05, 0.1) is 17.0 Å². The molecule has 34 heavy (non-hydrogen) atoms. The van der Waals surface area contributed by atoms with Crippen LogP contribution in [0.4, 0.5) is 0 Å². The molecular weight excluding hydrogens is 418 g/mol. The molecule has 0 saturated heterocycles. The largest absolute Gasteiger partial charge is 0.423 e. The van der Waals surface area contributed by atoms with Crippen molar-refractivity contribution >= 4 is 5.97 Å². The lowest BCUT2D eigenvalue weighted by molar-refractivity contribution is 0.0734. The SMILES string of the molecule is CCCCCCCCc1ccc(C(=O)Oc2ccc(C3(C#N)CC3CCCCCC)cc2)cc1. The molecule has 3 heteroatoms. The lowest BCUT2D eigenvalue weighted by Crippen LogP contribution is -2.10. The Kier molecular flexibility index (Phi) is 10.2. The zero-order valence-corrected chi connectivity index (χ0v) is 21.2. The summed E-state index contributed by atoms with van der Waals surface area (Å²) in [5.41, 5.74) is 2.54. The predicted octanol–water partition coefficient (Wildman–Crippen LogP) is 8.56. The number of unbranched alkanes of at least 4 members (excludes halogenated alkanes) is 8. The van der Waals surface area contributed by atoms with E-state index in [1.54, 1.807) is 0 Å². The second-order valence-electron chi connectivity index (χ2n) is 9.96. The summed E-state index contributed by atoms with van der Waals surface area (Å²) >= 11 is 0. The van der Waals surface area contributed by atoms with Crippen molar-refractivity contribution in [1.29, 1.82) is 5.26 Å². The van der Waals surface area contributed by atoms with Gasteiger partial charge in [-0.05, 0) is 67.0 Å². The van der Waals surface area contributed by atoms with Crippen LogP contribution in [0.3, 0.4) is 0 Å². The Hall–Kier alpha value is -2.60. The Labute approximate surface area is 206 Å². The van der Waals surface area contributed by atoms with E-state index in [0.717, 1.165) is 24.8 Å². The molecule has 2 atom stereocenters. The highest BCUT2D eigenvalue weighted by Crippen LogP contribution is 2.56. The first kappa shape index (κ1) is 26.0. The Morgan fingerprint density at radius 1 is 0.882 bits per heavy atom. The van der Waals surface area contributed by atoms with Crippen LogP contribution in [-0.4, -0.2) is 5.97 Å². The third-order valence-corrected chi connectivity index (χ3v) is 7.30. The topological polar surface area (TPSA) is 50.1 Å². The number of hydrogen-bond donors (Lipinski definition) is 0. The van der Waals surface area contributed by atoms with Gasteiger partial charge >= 0.3 is 5.97 Å². The van der Waals surface area contributed by atoms with Crippen molar-refractivity contribution in [2.75, 3.05) is 0 Å². The minimum Gasteiger partial charge on any atom is -0.423 e. The quantitative estimate of drug-likeness (QED) is 0.152. The van der Waals surface area contributed by atoms with Crippen LogP contribution < -0.4 is 4.74 Å². The predicted molar refractivity (Wildman–Crippen MR) is 139 cm³/mol. The maximum atomic E-state index is 12.6. The molecule has 0 spiro atoms. The number of rotatable bonds is 15. The fraction of sp³-hybridized carbons (Fsp3) is 0.548. The van der Waals surface area contributed by atoms with Gasteiger partial charge in [-0.3, -0.25) is 0 Å². The number of carbonyl (C=O) groups is 1. The molecule has 0 aromatic heterocycles. The normalized spacial score (nSPS) is 18.9. The highest BCUT2D eigenvalue weighted by atomic mass is 16.5. The van der Waals surface area contributed by atoms with E-state index >= 15 is 0 Å². The Bertz CT molecular complexity index is 925. The van der Waals surface area contributed by atoms with Crippen molar-refractivity contribution in [2.45, 2.75) is 103 Å². The Balaban J connectivity index is 1.47. The Morgan fingerprint density at radius 3 is 2.15 bits per heavy atom. The van der Waals surface area contributed by atoms with Crippen molar-refractivity contribution in [3.63, 3.8) is 0 Å². The van der Waals surface area contributed by atoms with Crippen LogP contribution in [0.5, 0.6) is 5.75 Å². The molecule has 3 rings (SSSR count). The molecule has 0 heterocycles. The van der Waals surface area contributed by atoms with Crippen LogP contribution >= 0.6 is 0 Å². The Morgan fingerprint density at radius 2 is 1.50 bits per heavy atom. The third-order valence-electron chi connectivity index (χ3n) is 7.30. The summed E-state index contributed by atoms with van der Waals surface area (Å²) in [5.74, 6) is 0.643. The average Bonchev–Trinajstić information content (AvgIpc) is 3.59. The maximum Gasteiger partial charge on any atom is 0.343 e. The fourth-order valence-electron chi connectivity index (χ4n) is 4.95. The first-order valence-electron chi connectivity index (χ1n) is 13.5. The zero-order chi connectivity index (χ0) is 24.2. The van der Waals surface area contributed by atoms with Crippen molar-refractivity contribution < 1.29 is 9.53 Å². The van der Waals surface area contributed by atoms with Gasteiger partial charge in [0.15, 0.2) is 0 Å². The average molecular weight is 460 g/mol. The van der Waals surface area contributed by atoms with Crippen LogP contribution in [-0.2, 0) is 11.8 Å². The fourth-order valence-corrected chi connectivity index (χ4v) is 4.95. The molecule has 1 saturated carbocycles. The van der Waals surface area contributed by atoms with E-state index in [1.165, 1.54) is 69.8 Å². The van der Waals surface area contributed by atoms with Gasteiger partial charge in [0.25, 0.3) is 0 Å². The molecular formula is C31H41NO2. The van der Waals surface area contributed by atoms with Crippen molar-refractivity contribution in [1.82, 2.24) is 0 Å². The summed E-state index contributed by atoms with van der Waals surface area (Å²) in [6.07, 6.45) is 15.8. The maximum absolute atomic E-state index is 12.6. The van der Waals surface area contributed by atoms with Crippen molar-refractivity contribution in [3.05, 3.63) is 65.2 Å². The summed E-state index contributed by atoms with van der Waals surface area (Å²) in [6, 6.07) is 17.9. The third kappa shape index (κ3) is 7.20. The first-order valence-corrected chi connectivity index (χ1v) is 13.5. The summed E-state index contributed by atoms with van der Waals surface area (Å²) < 4.78 is 5.59. The molecule has 0 aliphatic heterocycles. The van der Waals surface area contributed by atoms with E-state index in [9.17, 15) is 10.1 Å². The molecule has 3 nitrogen and oxygen atoms in total. The minimum absolute atomic E-state index is 0.339. The molecule has 0 bridgehead atoms. The standard InChI is InChI=1S/C31H41NO2/c1-3-5-7-9-10-11-13-25-15-17-26(18-16-25)30(33)34-29-21-19-27(20-22-29)31(24-32)23-28(31)14-12-8-6-4-2/h15-22,28H,3-14,23H2,1-2H3. The van der Waals surface area contributed by atoms with Crippen LogP contribution in [0.1, 0.15) is 112 Å². The molecule has 1 aliphatic carbocycles. The molecule has 0 N–H and O–H groups in total. The van der Waals surface area contributed by atoms with E-state index in [1.807, 2.05) is 48.5 Å². The van der Waals surface area contributed by atoms with Crippen LogP contribution in [0.25, 0.3) is 0 Å². The molecule has 182 valence electrons. The van der Waals surface area contributed by atoms with E-state index in [0.29, 0.717) is 17.2 Å². The highest BCUT2D eigenvalue weighted by Gasteiger charge is 2.55. The van der Waals surface area contributed by atoms with Gasteiger partial charge in [0, 0.05) is 0 Å². The second kappa shape index (κ2) is 13.3. The molecule has 0 radical (unpaired) electrons. The number of ether oxygens (including phenoxy) is 1.